The smallest absolute Gasteiger partial charge is 0.428 e. The number of amides is 1. The van der Waals surface area contributed by atoms with E-state index in [0.29, 0.717) is 17.2 Å². The van der Waals surface area contributed by atoms with Crippen molar-refractivity contribution >= 4 is 11.8 Å². The first-order chi connectivity index (χ1) is 9.35. The van der Waals surface area contributed by atoms with Crippen molar-refractivity contribution in [3.8, 4) is 11.5 Å². The molecule has 0 bridgehead atoms. The number of rotatable bonds is 2. The lowest BCUT2D eigenvalue weighted by Gasteiger charge is -2.18. The molecule has 0 aromatic heterocycles. The monoisotopic (exact) mass is 278 g/mol. The molecule has 2 rings (SSSR count). The number of nitrogens with one attached hydrogen (secondary N) is 1. The van der Waals surface area contributed by atoms with E-state index in [9.17, 15) is 4.79 Å². The molecule has 0 saturated heterocycles. The van der Waals surface area contributed by atoms with Crippen LogP contribution in [-0.4, -0.2) is 24.2 Å². The lowest BCUT2D eigenvalue weighted by molar-refractivity contribution is 0.0529. The van der Waals surface area contributed by atoms with Gasteiger partial charge in [0.25, 0.3) is 0 Å². The second kappa shape index (κ2) is 5.40. The molecule has 20 heavy (non-hydrogen) atoms. The number of nitrogens with zero attached hydrogens (tertiary/aromatic N) is 1. The van der Waals surface area contributed by atoms with Gasteiger partial charge in [0.15, 0.2) is 11.5 Å². The molecule has 0 saturated carbocycles. The number of ether oxygens (including phenoxy) is 3. The molecular formula is C14H18N2O4. The Morgan fingerprint density at radius 3 is 2.70 bits per heavy atom. The highest BCUT2D eigenvalue weighted by Crippen LogP contribution is 2.32. The summed E-state index contributed by atoms with van der Waals surface area (Å²) in [6.07, 6.45) is -0.586. The van der Waals surface area contributed by atoms with Crippen LogP contribution in [0.4, 0.5) is 4.79 Å². The van der Waals surface area contributed by atoms with E-state index in [2.05, 4.69) is 10.5 Å². The molecular weight excluding hydrogens is 260 g/mol. The molecule has 0 radical (unpaired) electrons. The van der Waals surface area contributed by atoms with Crippen molar-refractivity contribution in [2.75, 3.05) is 6.79 Å². The molecule has 6 heteroatoms. The number of carbonyl (C=O) groups is 1. The van der Waals surface area contributed by atoms with Crippen LogP contribution in [0.15, 0.2) is 23.3 Å². The van der Waals surface area contributed by atoms with Gasteiger partial charge >= 0.3 is 6.09 Å². The van der Waals surface area contributed by atoms with Crippen LogP contribution in [0.2, 0.25) is 0 Å². The molecule has 1 aromatic carbocycles. The van der Waals surface area contributed by atoms with Crippen molar-refractivity contribution in [3.05, 3.63) is 23.8 Å². The van der Waals surface area contributed by atoms with Gasteiger partial charge in [-0.15, -0.1) is 0 Å². The summed E-state index contributed by atoms with van der Waals surface area (Å²) in [6, 6.07) is 5.48. The van der Waals surface area contributed by atoms with E-state index in [0.717, 1.165) is 5.56 Å². The number of benzene rings is 1. The number of hydrogen-bond donors (Lipinski definition) is 1. The predicted octanol–water partition coefficient (Wildman–Crippen LogP) is 2.66. The van der Waals surface area contributed by atoms with Crippen LogP contribution in [0.1, 0.15) is 33.3 Å². The maximum Gasteiger partial charge on any atom is 0.428 e. The Kier molecular flexibility index (Phi) is 3.83. The Morgan fingerprint density at radius 2 is 2.00 bits per heavy atom. The molecule has 1 N–H and O–H groups in total. The summed E-state index contributed by atoms with van der Waals surface area (Å²) in [5.41, 5.74) is 3.30. The highest BCUT2D eigenvalue weighted by atomic mass is 16.7. The maximum absolute atomic E-state index is 11.5. The van der Waals surface area contributed by atoms with E-state index in [-0.39, 0.29) is 6.79 Å². The molecule has 0 fully saturated rings. The van der Waals surface area contributed by atoms with Gasteiger partial charge in [0, 0.05) is 5.56 Å². The van der Waals surface area contributed by atoms with Gasteiger partial charge in [0.05, 0.1) is 5.71 Å². The molecule has 1 amide bonds. The average molecular weight is 278 g/mol. The van der Waals surface area contributed by atoms with Crippen LogP contribution in [0, 0.1) is 0 Å². The molecule has 0 spiro atoms. The minimum Gasteiger partial charge on any atom is -0.454 e. The lowest BCUT2D eigenvalue weighted by Crippen LogP contribution is -2.30. The fraction of sp³-hybridized carbons (Fsp3) is 0.429. The highest BCUT2D eigenvalue weighted by Gasteiger charge is 2.16. The van der Waals surface area contributed by atoms with E-state index in [1.807, 2.05) is 18.2 Å². The van der Waals surface area contributed by atoms with Gasteiger partial charge in [-0.25, -0.2) is 10.2 Å². The van der Waals surface area contributed by atoms with Crippen molar-refractivity contribution in [1.82, 2.24) is 5.43 Å². The minimum atomic E-state index is -0.586. The van der Waals surface area contributed by atoms with Crippen LogP contribution in [-0.2, 0) is 4.74 Å². The molecule has 6 nitrogen and oxygen atoms in total. The molecule has 1 heterocycles. The average Bonchev–Trinajstić information content (AvgIpc) is 2.80. The van der Waals surface area contributed by atoms with E-state index in [4.69, 9.17) is 14.2 Å². The summed E-state index contributed by atoms with van der Waals surface area (Å²) in [5, 5.41) is 4.00. The topological polar surface area (TPSA) is 69.2 Å². The lowest BCUT2D eigenvalue weighted by atomic mass is 10.1. The third-order valence-corrected chi connectivity index (χ3v) is 2.50. The van der Waals surface area contributed by atoms with Gasteiger partial charge in [-0.05, 0) is 45.9 Å². The summed E-state index contributed by atoms with van der Waals surface area (Å²) in [6.45, 7) is 7.39. The van der Waals surface area contributed by atoms with Crippen molar-refractivity contribution in [2.45, 2.75) is 33.3 Å². The molecule has 1 aromatic rings. The van der Waals surface area contributed by atoms with Crippen LogP contribution in [0.25, 0.3) is 0 Å². The summed E-state index contributed by atoms with van der Waals surface area (Å²) in [5.74, 6) is 1.39. The fourth-order valence-electron chi connectivity index (χ4n) is 1.62. The highest BCUT2D eigenvalue weighted by molar-refractivity contribution is 5.99. The molecule has 108 valence electrons. The Morgan fingerprint density at radius 1 is 1.30 bits per heavy atom. The van der Waals surface area contributed by atoms with E-state index in [1.165, 1.54) is 0 Å². The van der Waals surface area contributed by atoms with Gasteiger partial charge in [-0.3, -0.25) is 0 Å². The largest absolute Gasteiger partial charge is 0.454 e. The zero-order valence-corrected chi connectivity index (χ0v) is 12.0. The number of hydrogen-bond acceptors (Lipinski definition) is 5. The van der Waals surface area contributed by atoms with Crippen LogP contribution < -0.4 is 14.9 Å². The minimum absolute atomic E-state index is 0.227. The Labute approximate surface area is 117 Å². The SMILES string of the molecule is CC(=NNC(=O)OC(C)(C)C)c1ccc2c(c1)OCO2. The summed E-state index contributed by atoms with van der Waals surface area (Å²) >= 11 is 0. The quantitative estimate of drug-likeness (QED) is 0.667. The Bertz CT molecular complexity index is 547. The van der Waals surface area contributed by atoms with Crippen molar-refractivity contribution in [2.24, 2.45) is 5.10 Å². The van der Waals surface area contributed by atoms with Gasteiger partial charge in [0.2, 0.25) is 6.79 Å². The number of hydrazone groups is 1. The van der Waals surface area contributed by atoms with Gasteiger partial charge in [-0.2, -0.15) is 5.10 Å². The number of carbonyl (C=O) groups excluding carboxylic acids is 1. The second-order valence-corrected chi connectivity index (χ2v) is 5.38. The second-order valence-electron chi connectivity index (χ2n) is 5.38. The predicted molar refractivity (Wildman–Crippen MR) is 74.1 cm³/mol. The summed E-state index contributed by atoms with van der Waals surface area (Å²) in [7, 11) is 0. The fourth-order valence-corrected chi connectivity index (χ4v) is 1.62. The van der Waals surface area contributed by atoms with Crippen LogP contribution >= 0.6 is 0 Å². The van der Waals surface area contributed by atoms with Gasteiger partial charge < -0.3 is 14.2 Å². The van der Waals surface area contributed by atoms with Crippen molar-refractivity contribution in [3.63, 3.8) is 0 Å². The van der Waals surface area contributed by atoms with Gasteiger partial charge in [-0.1, -0.05) is 0 Å². The first-order valence-corrected chi connectivity index (χ1v) is 6.28. The van der Waals surface area contributed by atoms with E-state index in [1.54, 1.807) is 27.7 Å². The maximum atomic E-state index is 11.5. The van der Waals surface area contributed by atoms with Crippen molar-refractivity contribution in [1.29, 1.82) is 0 Å². The molecule has 1 aliphatic heterocycles. The molecule has 1 aliphatic rings. The van der Waals surface area contributed by atoms with Crippen molar-refractivity contribution < 1.29 is 19.0 Å². The Balaban J connectivity index is 2.02. The zero-order valence-electron chi connectivity index (χ0n) is 12.0. The molecule has 0 atom stereocenters. The molecule has 0 aliphatic carbocycles. The van der Waals surface area contributed by atoms with Gasteiger partial charge in [0.1, 0.15) is 5.60 Å². The van der Waals surface area contributed by atoms with E-state index >= 15 is 0 Å². The third-order valence-electron chi connectivity index (χ3n) is 2.50. The Hall–Kier alpha value is -2.24. The third kappa shape index (κ3) is 3.63. The standard InChI is InChI=1S/C14H18N2O4/c1-9(15-16-13(17)20-14(2,3)4)10-5-6-11-12(7-10)19-8-18-11/h5-7H,8H2,1-4H3,(H,16,17). The summed E-state index contributed by atoms with van der Waals surface area (Å²) in [4.78, 5) is 11.5. The van der Waals surface area contributed by atoms with Crippen LogP contribution in [0.3, 0.4) is 0 Å². The first kappa shape index (κ1) is 14.2. The van der Waals surface area contributed by atoms with Crippen LogP contribution in [0.5, 0.6) is 11.5 Å². The first-order valence-electron chi connectivity index (χ1n) is 6.28. The zero-order chi connectivity index (χ0) is 14.8. The molecule has 0 unspecified atom stereocenters. The number of fused-ring (bicyclic) bond motifs is 1. The summed E-state index contributed by atoms with van der Waals surface area (Å²) < 4.78 is 15.6. The normalized spacial score (nSPS) is 14.1. The van der Waals surface area contributed by atoms with E-state index < -0.39 is 11.7 Å².